The summed E-state index contributed by atoms with van der Waals surface area (Å²) in [5.74, 6) is -0.313. The molecule has 0 amide bonds. The van der Waals surface area contributed by atoms with Gasteiger partial charge >= 0.3 is 5.97 Å². The van der Waals surface area contributed by atoms with Crippen molar-refractivity contribution in [2.45, 2.75) is 20.0 Å². The predicted octanol–water partition coefficient (Wildman–Crippen LogP) is 0.835. The average molecular weight is 225 g/mol. The fraction of sp³-hybridized carbons (Fsp3) is 0.636. The second-order valence-corrected chi connectivity index (χ2v) is 4.28. The molecule has 0 aromatic carbocycles. The molecule has 1 unspecified atom stereocenters. The Labute approximate surface area is 96.0 Å². The van der Waals surface area contributed by atoms with E-state index in [0.717, 1.165) is 5.56 Å². The molecule has 5 nitrogen and oxygen atoms in total. The third-order valence-electron chi connectivity index (χ3n) is 2.25. The quantitative estimate of drug-likeness (QED) is 0.712. The van der Waals surface area contributed by atoms with Crippen molar-refractivity contribution in [3.63, 3.8) is 0 Å². The SMILES string of the molecule is Cc1cnn(C)c1C(=O)OC(C)CN(C)C. The van der Waals surface area contributed by atoms with Crippen LogP contribution < -0.4 is 0 Å². The van der Waals surface area contributed by atoms with Gasteiger partial charge in [0.05, 0.1) is 6.20 Å². The lowest BCUT2D eigenvalue weighted by Crippen LogP contribution is -2.28. The van der Waals surface area contributed by atoms with E-state index >= 15 is 0 Å². The highest BCUT2D eigenvalue weighted by molar-refractivity contribution is 5.89. The molecule has 0 aliphatic rings. The summed E-state index contributed by atoms with van der Waals surface area (Å²) in [4.78, 5) is 13.8. The number of ether oxygens (including phenoxy) is 1. The Balaban J connectivity index is 2.66. The molecule has 1 aromatic rings. The molecule has 1 heterocycles. The van der Waals surface area contributed by atoms with Crippen LogP contribution in [0.1, 0.15) is 23.0 Å². The van der Waals surface area contributed by atoms with Crippen molar-refractivity contribution >= 4 is 5.97 Å². The second kappa shape index (κ2) is 5.12. The molecule has 0 N–H and O–H groups in total. The Bertz CT molecular complexity index is 352. The maximum Gasteiger partial charge on any atom is 0.357 e. The number of aromatic nitrogens is 2. The zero-order valence-electron chi connectivity index (χ0n) is 10.5. The highest BCUT2D eigenvalue weighted by Crippen LogP contribution is 2.09. The molecule has 0 fully saturated rings. The Morgan fingerprint density at radius 3 is 2.69 bits per heavy atom. The lowest BCUT2D eigenvalue weighted by Gasteiger charge is -2.17. The highest BCUT2D eigenvalue weighted by Gasteiger charge is 2.18. The molecule has 16 heavy (non-hydrogen) atoms. The van der Waals surface area contributed by atoms with Crippen molar-refractivity contribution in [1.82, 2.24) is 14.7 Å². The molecule has 0 saturated heterocycles. The third kappa shape index (κ3) is 3.06. The molecule has 1 atom stereocenters. The van der Waals surface area contributed by atoms with E-state index in [1.165, 1.54) is 0 Å². The van der Waals surface area contributed by atoms with E-state index in [-0.39, 0.29) is 12.1 Å². The van der Waals surface area contributed by atoms with Crippen LogP contribution in [0, 0.1) is 6.92 Å². The number of hydrogen-bond acceptors (Lipinski definition) is 4. The van der Waals surface area contributed by atoms with Crippen LogP contribution in [0.15, 0.2) is 6.20 Å². The molecule has 5 heteroatoms. The number of rotatable bonds is 4. The van der Waals surface area contributed by atoms with E-state index in [1.807, 2.05) is 32.8 Å². The normalized spacial score (nSPS) is 12.9. The first-order chi connectivity index (χ1) is 7.41. The number of esters is 1. The molecule has 90 valence electrons. The number of carbonyl (C=O) groups is 1. The minimum atomic E-state index is -0.313. The van der Waals surface area contributed by atoms with Gasteiger partial charge in [-0.2, -0.15) is 5.10 Å². The van der Waals surface area contributed by atoms with E-state index in [4.69, 9.17) is 4.74 Å². The maximum absolute atomic E-state index is 11.8. The van der Waals surface area contributed by atoms with Crippen molar-refractivity contribution in [2.75, 3.05) is 20.6 Å². The first-order valence-corrected chi connectivity index (χ1v) is 5.26. The van der Waals surface area contributed by atoms with Crippen molar-refractivity contribution in [2.24, 2.45) is 7.05 Å². The average Bonchev–Trinajstić information content (AvgIpc) is 2.44. The van der Waals surface area contributed by atoms with Crippen molar-refractivity contribution < 1.29 is 9.53 Å². The first-order valence-electron chi connectivity index (χ1n) is 5.26. The van der Waals surface area contributed by atoms with Gasteiger partial charge in [0.15, 0.2) is 0 Å². The van der Waals surface area contributed by atoms with Crippen LogP contribution in [0.5, 0.6) is 0 Å². The lowest BCUT2D eigenvalue weighted by molar-refractivity contribution is 0.0276. The summed E-state index contributed by atoms with van der Waals surface area (Å²) < 4.78 is 6.87. The lowest BCUT2D eigenvalue weighted by atomic mass is 10.3. The van der Waals surface area contributed by atoms with Crippen LogP contribution in [0.25, 0.3) is 0 Å². The zero-order valence-corrected chi connectivity index (χ0v) is 10.5. The molecular weight excluding hydrogens is 206 g/mol. The summed E-state index contributed by atoms with van der Waals surface area (Å²) in [5, 5.41) is 4.01. The monoisotopic (exact) mass is 225 g/mol. The molecule has 0 saturated carbocycles. The number of hydrogen-bond donors (Lipinski definition) is 0. The Kier molecular flexibility index (Phi) is 4.06. The maximum atomic E-state index is 11.8. The largest absolute Gasteiger partial charge is 0.457 e. The summed E-state index contributed by atoms with van der Waals surface area (Å²) in [6.45, 7) is 4.44. The molecule has 0 aliphatic carbocycles. The van der Waals surface area contributed by atoms with Crippen molar-refractivity contribution in [3.8, 4) is 0 Å². The highest BCUT2D eigenvalue weighted by atomic mass is 16.5. The Morgan fingerprint density at radius 1 is 1.62 bits per heavy atom. The number of aryl methyl sites for hydroxylation is 2. The van der Waals surface area contributed by atoms with Gasteiger partial charge in [0.25, 0.3) is 0 Å². The van der Waals surface area contributed by atoms with Crippen LogP contribution in [-0.2, 0) is 11.8 Å². The van der Waals surface area contributed by atoms with E-state index in [9.17, 15) is 4.79 Å². The molecule has 0 aliphatic heterocycles. The van der Waals surface area contributed by atoms with Gasteiger partial charge in [-0.05, 0) is 27.9 Å². The minimum absolute atomic E-state index is 0.128. The molecule has 1 rings (SSSR count). The van der Waals surface area contributed by atoms with E-state index in [1.54, 1.807) is 17.9 Å². The van der Waals surface area contributed by atoms with Crippen LogP contribution in [0.2, 0.25) is 0 Å². The summed E-state index contributed by atoms with van der Waals surface area (Å²) in [5.41, 5.74) is 1.36. The van der Waals surface area contributed by atoms with E-state index in [2.05, 4.69) is 5.10 Å². The van der Waals surface area contributed by atoms with Crippen molar-refractivity contribution in [1.29, 1.82) is 0 Å². The Morgan fingerprint density at radius 2 is 2.25 bits per heavy atom. The van der Waals surface area contributed by atoms with Gasteiger partial charge in [0, 0.05) is 19.2 Å². The van der Waals surface area contributed by atoms with Crippen LogP contribution >= 0.6 is 0 Å². The molecular formula is C11H19N3O2. The van der Waals surface area contributed by atoms with Crippen LogP contribution in [0.4, 0.5) is 0 Å². The number of carbonyl (C=O) groups excluding carboxylic acids is 1. The van der Waals surface area contributed by atoms with Gasteiger partial charge in [-0.25, -0.2) is 4.79 Å². The fourth-order valence-corrected chi connectivity index (χ4v) is 1.63. The van der Waals surface area contributed by atoms with Crippen LogP contribution in [0.3, 0.4) is 0 Å². The smallest absolute Gasteiger partial charge is 0.357 e. The van der Waals surface area contributed by atoms with E-state index in [0.29, 0.717) is 12.2 Å². The predicted molar refractivity (Wildman–Crippen MR) is 61.4 cm³/mol. The van der Waals surface area contributed by atoms with Crippen molar-refractivity contribution in [3.05, 3.63) is 17.5 Å². The second-order valence-electron chi connectivity index (χ2n) is 4.28. The minimum Gasteiger partial charge on any atom is -0.457 e. The summed E-state index contributed by atoms with van der Waals surface area (Å²) >= 11 is 0. The summed E-state index contributed by atoms with van der Waals surface area (Å²) in [6, 6.07) is 0. The molecule has 0 bridgehead atoms. The van der Waals surface area contributed by atoms with E-state index < -0.39 is 0 Å². The van der Waals surface area contributed by atoms with Gasteiger partial charge in [-0.1, -0.05) is 0 Å². The number of nitrogens with zero attached hydrogens (tertiary/aromatic N) is 3. The topological polar surface area (TPSA) is 47.4 Å². The third-order valence-corrected chi connectivity index (χ3v) is 2.25. The van der Waals surface area contributed by atoms with Gasteiger partial charge in [-0.3, -0.25) is 4.68 Å². The standard InChI is InChI=1S/C11H19N3O2/c1-8-6-12-14(5)10(8)11(15)16-9(2)7-13(3)4/h6,9H,7H2,1-5H3. The molecule has 0 spiro atoms. The zero-order chi connectivity index (χ0) is 12.3. The van der Waals surface area contributed by atoms with Crippen LogP contribution in [-0.4, -0.2) is 47.4 Å². The molecule has 1 aromatic heterocycles. The summed E-state index contributed by atoms with van der Waals surface area (Å²) in [7, 11) is 5.62. The van der Waals surface area contributed by atoms with Gasteiger partial charge in [0.2, 0.25) is 0 Å². The molecule has 0 radical (unpaired) electrons. The van der Waals surface area contributed by atoms with Gasteiger partial charge < -0.3 is 9.64 Å². The van der Waals surface area contributed by atoms with Gasteiger partial charge in [0.1, 0.15) is 11.8 Å². The number of likely N-dealkylation sites (N-methyl/N-ethyl adjacent to an activating group) is 1. The van der Waals surface area contributed by atoms with Gasteiger partial charge in [-0.15, -0.1) is 0 Å². The fourth-order valence-electron chi connectivity index (χ4n) is 1.63. The summed E-state index contributed by atoms with van der Waals surface area (Å²) in [6.07, 6.45) is 1.53. The first kappa shape index (κ1) is 12.7. The Hall–Kier alpha value is -1.36.